The summed E-state index contributed by atoms with van der Waals surface area (Å²) < 4.78 is 6.34. The zero-order chi connectivity index (χ0) is 14.0. The molecule has 6 heteroatoms. The summed E-state index contributed by atoms with van der Waals surface area (Å²) in [5.41, 5.74) is 7.15. The second kappa shape index (κ2) is 5.17. The number of amides is 1. The van der Waals surface area contributed by atoms with Gasteiger partial charge in [-0.25, -0.2) is 4.79 Å². The Balaban J connectivity index is 2.30. The van der Waals surface area contributed by atoms with E-state index in [1.54, 1.807) is 18.2 Å². The first-order valence-electron chi connectivity index (χ1n) is 6.19. The molecule has 0 spiro atoms. The van der Waals surface area contributed by atoms with E-state index in [0.29, 0.717) is 16.8 Å². The molecule has 1 aromatic carbocycles. The van der Waals surface area contributed by atoms with Crippen LogP contribution < -0.4 is 16.8 Å². The maximum Gasteiger partial charge on any atom is 0.420 e. The molecule has 1 unspecified atom stereocenters. The molecule has 0 saturated carbocycles. The number of hydrogen-bond acceptors (Lipinski definition) is 4. The summed E-state index contributed by atoms with van der Waals surface area (Å²) in [5, 5.41) is 2.80. The molecule has 19 heavy (non-hydrogen) atoms. The van der Waals surface area contributed by atoms with Gasteiger partial charge in [0.25, 0.3) is 0 Å². The largest absolute Gasteiger partial charge is 0.420 e. The molecule has 0 bridgehead atoms. The Hall–Kier alpha value is -2.24. The van der Waals surface area contributed by atoms with Gasteiger partial charge < -0.3 is 15.5 Å². The number of nitrogen functional groups attached to an aromatic ring is 1. The predicted molar refractivity (Wildman–Crippen MR) is 72.8 cm³/mol. The van der Waals surface area contributed by atoms with Crippen molar-refractivity contribution in [2.45, 2.75) is 32.9 Å². The van der Waals surface area contributed by atoms with E-state index in [-0.39, 0.29) is 18.5 Å². The van der Waals surface area contributed by atoms with Crippen molar-refractivity contribution >= 4 is 22.7 Å². The lowest BCUT2D eigenvalue weighted by Gasteiger charge is -2.11. The van der Waals surface area contributed by atoms with E-state index in [1.165, 1.54) is 4.57 Å². The first-order chi connectivity index (χ1) is 9.01. The number of hydrogen-bond donors (Lipinski definition) is 2. The Bertz CT molecular complexity index is 657. The number of rotatable bonds is 4. The number of nitrogens with two attached hydrogens (primary N) is 1. The number of benzene rings is 1. The number of anilines is 1. The third-order valence-corrected chi connectivity index (χ3v) is 3.01. The van der Waals surface area contributed by atoms with Crippen LogP contribution in [0.2, 0.25) is 0 Å². The summed E-state index contributed by atoms with van der Waals surface area (Å²) in [6.45, 7) is 3.82. The van der Waals surface area contributed by atoms with Crippen LogP contribution in [-0.2, 0) is 11.3 Å². The highest BCUT2D eigenvalue weighted by atomic mass is 16.4. The fourth-order valence-corrected chi connectivity index (χ4v) is 1.80. The van der Waals surface area contributed by atoms with Gasteiger partial charge in [-0.15, -0.1) is 0 Å². The molecule has 2 aromatic rings. The molecule has 0 radical (unpaired) electrons. The Morgan fingerprint density at radius 2 is 2.26 bits per heavy atom. The van der Waals surface area contributed by atoms with Gasteiger partial charge in [0.05, 0.1) is 5.52 Å². The van der Waals surface area contributed by atoms with Crippen LogP contribution in [0.3, 0.4) is 0 Å². The van der Waals surface area contributed by atoms with Crippen molar-refractivity contribution in [3.8, 4) is 0 Å². The van der Waals surface area contributed by atoms with E-state index in [2.05, 4.69) is 5.32 Å². The van der Waals surface area contributed by atoms with Gasteiger partial charge in [0.1, 0.15) is 6.54 Å². The maximum absolute atomic E-state index is 11.8. The van der Waals surface area contributed by atoms with Crippen molar-refractivity contribution in [2.24, 2.45) is 0 Å². The van der Waals surface area contributed by atoms with E-state index in [0.717, 1.165) is 6.42 Å². The highest BCUT2D eigenvalue weighted by Gasteiger charge is 2.13. The predicted octanol–water partition coefficient (Wildman–Crippen LogP) is 1.09. The van der Waals surface area contributed by atoms with Crippen LogP contribution in [0.25, 0.3) is 11.1 Å². The molecule has 0 aliphatic carbocycles. The normalized spacial score (nSPS) is 12.5. The Morgan fingerprint density at radius 3 is 2.95 bits per heavy atom. The van der Waals surface area contributed by atoms with Crippen molar-refractivity contribution in [1.82, 2.24) is 9.88 Å². The average Bonchev–Trinajstić information content (AvgIpc) is 2.66. The van der Waals surface area contributed by atoms with Gasteiger partial charge in [-0.1, -0.05) is 6.92 Å². The SMILES string of the molecule is CCC(C)NC(=O)Cn1c(=O)oc2ccc(N)cc21. The molecular weight excluding hydrogens is 246 g/mol. The number of fused-ring (bicyclic) bond motifs is 1. The molecule has 0 saturated heterocycles. The van der Waals surface area contributed by atoms with Gasteiger partial charge in [-0.05, 0) is 31.5 Å². The van der Waals surface area contributed by atoms with Crippen molar-refractivity contribution in [1.29, 1.82) is 0 Å². The van der Waals surface area contributed by atoms with E-state index in [4.69, 9.17) is 10.2 Å². The lowest BCUT2D eigenvalue weighted by atomic mass is 10.2. The van der Waals surface area contributed by atoms with E-state index < -0.39 is 5.76 Å². The number of aromatic nitrogens is 1. The molecule has 3 N–H and O–H groups in total. The summed E-state index contributed by atoms with van der Waals surface area (Å²) in [5.74, 6) is -0.776. The van der Waals surface area contributed by atoms with Crippen molar-refractivity contribution in [3.63, 3.8) is 0 Å². The number of carbonyl (C=O) groups is 1. The molecule has 0 aliphatic rings. The van der Waals surface area contributed by atoms with Gasteiger partial charge in [0.15, 0.2) is 5.58 Å². The van der Waals surface area contributed by atoms with Crippen LogP contribution in [0.4, 0.5) is 5.69 Å². The van der Waals surface area contributed by atoms with Gasteiger partial charge in [0, 0.05) is 11.7 Å². The zero-order valence-electron chi connectivity index (χ0n) is 11.0. The summed E-state index contributed by atoms with van der Waals surface area (Å²) in [6, 6.07) is 4.97. The minimum Gasteiger partial charge on any atom is -0.408 e. The fraction of sp³-hybridized carbons (Fsp3) is 0.385. The Morgan fingerprint density at radius 1 is 1.53 bits per heavy atom. The number of nitrogens with one attached hydrogen (secondary N) is 1. The second-order valence-corrected chi connectivity index (χ2v) is 4.56. The summed E-state index contributed by atoms with van der Waals surface area (Å²) in [7, 11) is 0. The lowest BCUT2D eigenvalue weighted by molar-refractivity contribution is -0.122. The van der Waals surface area contributed by atoms with Crippen LogP contribution in [0, 0.1) is 0 Å². The van der Waals surface area contributed by atoms with Gasteiger partial charge in [0.2, 0.25) is 5.91 Å². The monoisotopic (exact) mass is 263 g/mol. The van der Waals surface area contributed by atoms with Crippen LogP contribution >= 0.6 is 0 Å². The molecule has 1 aromatic heterocycles. The Labute approximate surface area is 110 Å². The van der Waals surface area contributed by atoms with E-state index >= 15 is 0 Å². The highest BCUT2D eigenvalue weighted by molar-refractivity contribution is 5.81. The first kappa shape index (κ1) is 13.2. The number of carbonyl (C=O) groups excluding carboxylic acids is 1. The van der Waals surface area contributed by atoms with Gasteiger partial charge >= 0.3 is 5.76 Å². The van der Waals surface area contributed by atoms with Crippen LogP contribution in [0.5, 0.6) is 0 Å². The minimum absolute atomic E-state index is 0.0698. The first-order valence-corrected chi connectivity index (χ1v) is 6.19. The molecule has 0 fully saturated rings. The molecule has 1 heterocycles. The molecule has 1 atom stereocenters. The average molecular weight is 263 g/mol. The quantitative estimate of drug-likeness (QED) is 0.808. The van der Waals surface area contributed by atoms with Crippen molar-refractivity contribution < 1.29 is 9.21 Å². The third-order valence-electron chi connectivity index (χ3n) is 3.01. The van der Waals surface area contributed by atoms with E-state index in [1.807, 2.05) is 13.8 Å². The van der Waals surface area contributed by atoms with Gasteiger partial charge in [-0.3, -0.25) is 9.36 Å². The minimum atomic E-state index is -0.556. The zero-order valence-corrected chi connectivity index (χ0v) is 11.0. The van der Waals surface area contributed by atoms with Crippen LogP contribution in [0.15, 0.2) is 27.4 Å². The summed E-state index contributed by atoms with van der Waals surface area (Å²) in [6.07, 6.45) is 0.833. The number of oxazole rings is 1. The molecule has 1 amide bonds. The van der Waals surface area contributed by atoms with Crippen molar-refractivity contribution in [2.75, 3.05) is 5.73 Å². The number of nitrogens with zero attached hydrogens (tertiary/aromatic N) is 1. The molecule has 102 valence electrons. The lowest BCUT2D eigenvalue weighted by Crippen LogP contribution is -2.36. The molecular formula is C13H17N3O3. The molecule has 0 aliphatic heterocycles. The van der Waals surface area contributed by atoms with E-state index in [9.17, 15) is 9.59 Å². The topological polar surface area (TPSA) is 90.3 Å². The van der Waals surface area contributed by atoms with Crippen molar-refractivity contribution in [3.05, 3.63) is 28.7 Å². The summed E-state index contributed by atoms with van der Waals surface area (Å²) in [4.78, 5) is 23.5. The summed E-state index contributed by atoms with van der Waals surface area (Å²) >= 11 is 0. The maximum atomic E-state index is 11.8. The smallest absolute Gasteiger partial charge is 0.408 e. The standard InChI is InChI=1S/C13H17N3O3/c1-3-8(2)15-12(17)7-16-10-6-9(14)4-5-11(10)19-13(16)18/h4-6,8H,3,7,14H2,1-2H3,(H,15,17). The fourth-order valence-electron chi connectivity index (χ4n) is 1.80. The van der Waals surface area contributed by atoms with Gasteiger partial charge in [-0.2, -0.15) is 0 Å². The molecule has 2 rings (SSSR count). The Kier molecular flexibility index (Phi) is 3.59. The second-order valence-electron chi connectivity index (χ2n) is 4.56. The van der Waals surface area contributed by atoms with Crippen LogP contribution in [0.1, 0.15) is 20.3 Å². The van der Waals surface area contributed by atoms with Crippen LogP contribution in [-0.4, -0.2) is 16.5 Å². The third kappa shape index (κ3) is 2.78. The highest BCUT2D eigenvalue weighted by Crippen LogP contribution is 2.16. The molecule has 6 nitrogen and oxygen atoms in total.